The van der Waals surface area contributed by atoms with Gasteiger partial charge >= 0.3 is 0 Å². The maximum Gasteiger partial charge on any atom is 0.119 e. The van der Waals surface area contributed by atoms with Gasteiger partial charge in [-0.3, -0.25) is 0 Å². The first-order valence-electron chi connectivity index (χ1n) is 7.00. The van der Waals surface area contributed by atoms with E-state index in [9.17, 15) is 0 Å². The van der Waals surface area contributed by atoms with Gasteiger partial charge in [0.25, 0.3) is 0 Å². The van der Waals surface area contributed by atoms with Crippen LogP contribution in [0, 0.1) is 0 Å². The van der Waals surface area contributed by atoms with E-state index in [2.05, 4.69) is 36.3 Å². The van der Waals surface area contributed by atoms with Gasteiger partial charge in [-0.25, -0.2) is 4.68 Å². The SMILES string of the molecule is CCOc1ccc(Cc2c(CN)nnn2C(C)C)cc1. The van der Waals surface area contributed by atoms with Crippen molar-refractivity contribution in [2.24, 2.45) is 5.73 Å². The molecule has 0 aliphatic carbocycles. The molecule has 0 fully saturated rings. The molecule has 5 heteroatoms. The van der Waals surface area contributed by atoms with Crippen LogP contribution >= 0.6 is 0 Å². The molecule has 0 radical (unpaired) electrons. The maximum atomic E-state index is 5.75. The van der Waals surface area contributed by atoms with Gasteiger partial charge in [-0.1, -0.05) is 17.3 Å². The number of rotatable bonds is 6. The Morgan fingerprint density at radius 1 is 1.25 bits per heavy atom. The van der Waals surface area contributed by atoms with Gasteiger partial charge in [-0.15, -0.1) is 5.10 Å². The Morgan fingerprint density at radius 2 is 1.95 bits per heavy atom. The van der Waals surface area contributed by atoms with Crippen molar-refractivity contribution in [2.45, 2.75) is 39.8 Å². The zero-order valence-corrected chi connectivity index (χ0v) is 12.3. The van der Waals surface area contributed by atoms with Crippen molar-refractivity contribution in [1.29, 1.82) is 0 Å². The van der Waals surface area contributed by atoms with Gasteiger partial charge in [-0.2, -0.15) is 0 Å². The topological polar surface area (TPSA) is 66.0 Å². The summed E-state index contributed by atoms with van der Waals surface area (Å²) >= 11 is 0. The van der Waals surface area contributed by atoms with E-state index in [0.29, 0.717) is 13.2 Å². The molecule has 0 amide bonds. The molecule has 2 N–H and O–H groups in total. The van der Waals surface area contributed by atoms with Crippen LogP contribution in [0.3, 0.4) is 0 Å². The molecular weight excluding hydrogens is 252 g/mol. The van der Waals surface area contributed by atoms with Crippen molar-refractivity contribution in [1.82, 2.24) is 15.0 Å². The number of aromatic nitrogens is 3. The number of hydrogen-bond donors (Lipinski definition) is 1. The van der Waals surface area contributed by atoms with Crippen molar-refractivity contribution >= 4 is 0 Å². The molecule has 0 saturated carbocycles. The normalized spacial score (nSPS) is 11.1. The van der Waals surface area contributed by atoms with Crippen molar-refractivity contribution in [3.63, 3.8) is 0 Å². The molecule has 0 saturated heterocycles. The fourth-order valence-corrected chi connectivity index (χ4v) is 2.17. The molecule has 1 heterocycles. The number of ether oxygens (including phenoxy) is 1. The summed E-state index contributed by atoms with van der Waals surface area (Å²) in [6, 6.07) is 8.40. The molecule has 1 aromatic carbocycles. The average Bonchev–Trinajstić information content (AvgIpc) is 2.84. The highest BCUT2D eigenvalue weighted by Crippen LogP contribution is 2.18. The smallest absolute Gasteiger partial charge is 0.119 e. The van der Waals surface area contributed by atoms with Crippen LogP contribution in [-0.4, -0.2) is 21.6 Å². The summed E-state index contributed by atoms with van der Waals surface area (Å²) in [6.45, 7) is 7.27. The number of nitrogens with two attached hydrogens (primary N) is 1. The summed E-state index contributed by atoms with van der Waals surface area (Å²) in [5.41, 5.74) is 8.90. The van der Waals surface area contributed by atoms with Crippen LogP contribution in [0.15, 0.2) is 24.3 Å². The van der Waals surface area contributed by atoms with E-state index in [-0.39, 0.29) is 6.04 Å². The summed E-state index contributed by atoms with van der Waals surface area (Å²) in [4.78, 5) is 0. The van der Waals surface area contributed by atoms with Gasteiger partial charge in [0.2, 0.25) is 0 Å². The van der Waals surface area contributed by atoms with Crippen LogP contribution in [0.1, 0.15) is 43.8 Å². The second-order valence-electron chi connectivity index (χ2n) is 4.98. The Balaban J connectivity index is 2.22. The fourth-order valence-electron chi connectivity index (χ4n) is 2.17. The quantitative estimate of drug-likeness (QED) is 0.877. The molecule has 5 nitrogen and oxygen atoms in total. The first-order valence-corrected chi connectivity index (χ1v) is 7.00. The molecule has 2 rings (SSSR count). The largest absolute Gasteiger partial charge is 0.494 e. The first kappa shape index (κ1) is 14.5. The summed E-state index contributed by atoms with van der Waals surface area (Å²) in [5, 5.41) is 8.35. The molecule has 0 bridgehead atoms. The van der Waals surface area contributed by atoms with E-state index in [1.807, 2.05) is 23.7 Å². The van der Waals surface area contributed by atoms with Gasteiger partial charge in [0.1, 0.15) is 5.75 Å². The van der Waals surface area contributed by atoms with Gasteiger partial charge in [0.15, 0.2) is 0 Å². The van der Waals surface area contributed by atoms with Gasteiger partial charge in [0.05, 0.1) is 18.0 Å². The van der Waals surface area contributed by atoms with Crippen molar-refractivity contribution in [3.05, 3.63) is 41.2 Å². The lowest BCUT2D eigenvalue weighted by molar-refractivity contribution is 0.340. The van der Waals surface area contributed by atoms with Gasteiger partial charge in [-0.05, 0) is 38.5 Å². The van der Waals surface area contributed by atoms with E-state index in [4.69, 9.17) is 10.5 Å². The zero-order valence-electron chi connectivity index (χ0n) is 12.3. The lowest BCUT2D eigenvalue weighted by atomic mass is 10.1. The van der Waals surface area contributed by atoms with Crippen LogP contribution in [0.25, 0.3) is 0 Å². The Bertz CT molecular complexity index is 546. The Morgan fingerprint density at radius 3 is 2.50 bits per heavy atom. The second-order valence-corrected chi connectivity index (χ2v) is 4.98. The van der Waals surface area contributed by atoms with Crippen LogP contribution in [0.4, 0.5) is 0 Å². The number of nitrogens with zero attached hydrogens (tertiary/aromatic N) is 3. The van der Waals surface area contributed by atoms with Crippen molar-refractivity contribution in [2.75, 3.05) is 6.61 Å². The minimum atomic E-state index is 0.278. The summed E-state index contributed by atoms with van der Waals surface area (Å²) in [6.07, 6.45) is 0.782. The Hall–Kier alpha value is -1.88. The molecule has 108 valence electrons. The second kappa shape index (κ2) is 6.52. The first-order chi connectivity index (χ1) is 9.65. The molecular formula is C15H22N4O. The molecule has 0 spiro atoms. The van der Waals surface area contributed by atoms with E-state index in [1.54, 1.807) is 0 Å². The summed E-state index contributed by atoms with van der Waals surface area (Å²) in [7, 11) is 0. The molecule has 20 heavy (non-hydrogen) atoms. The van der Waals surface area contributed by atoms with Crippen molar-refractivity contribution < 1.29 is 4.74 Å². The molecule has 0 aliphatic rings. The third-order valence-corrected chi connectivity index (χ3v) is 3.16. The van der Waals surface area contributed by atoms with Crippen LogP contribution in [0.2, 0.25) is 0 Å². The number of benzene rings is 1. The van der Waals surface area contributed by atoms with E-state index in [1.165, 1.54) is 5.56 Å². The minimum absolute atomic E-state index is 0.278. The lowest BCUT2D eigenvalue weighted by Gasteiger charge is -2.11. The van der Waals surface area contributed by atoms with Gasteiger partial charge in [0, 0.05) is 19.0 Å². The molecule has 2 aromatic rings. The Labute approximate surface area is 119 Å². The monoisotopic (exact) mass is 274 g/mol. The highest BCUT2D eigenvalue weighted by Gasteiger charge is 2.14. The van der Waals surface area contributed by atoms with E-state index < -0.39 is 0 Å². The van der Waals surface area contributed by atoms with Crippen LogP contribution in [-0.2, 0) is 13.0 Å². The van der Waals surface area contributed by atoms with Crippen LogP contribution in [0.5, 0.6) is 5.75 Å². The van der Waals surface area contributed by atoms with Crippen molar-refractivity contribution in [3.8, 4) is 5.75 Å². The standard InChI is InChI=1S/C15H22N4O/c1-4-20-13-7-5-12(6-8-13)9-15-14(10-16)17-18-19(15)11(2)3/h5-8,11H,4,9-10,16H2,1-3H3. The predicted molar refractivity (Wildman–Crippen MR) is 78.7 cm³/mol. The molecule has 0 aliphatic heterocycles. The molecule has 0 atom stereocenters. The molecule has 1 aromatic heterocycles. The number of hydrogen-bond acceptors (Lipinski definition) is 4. The molecule has 0 unspecified atom stereocenters. The third-order valence-electron chi connectivity index (χ3n) is 3.16. The minimum Gasteiger partial charge on any atom is -0.494 e. The predicted octanol–water partition coefficient (Wildman–Crippen LogP) is 2.31. The lowest BCUT2D eigenvalue weighted by Crippen LogP contribution is -2.10. The van der Waals surface area contributed by atoms with Gasteiger partial charge < -0.3 is 10.5 Å². The van der Waals surface area contributed by atoms with Crippen LogP contribution < -0.4 is 10.5 Å². The zero-order chi connectivity index (χ0) is 14.5. The fraction of sp³-hybridized carbons (Fsp3) is 0.467. The highest BCUT2D eigenvalue weighted by atomic mass is 16.5. The highest BCUT2D eigenvalue weighted by molar-refractivity contribution is 5.30. The average molecular weight is 274 g/mol. The maximum absolute atomic E-state index is 5.75. The summed E-state index contributed by atoms with van der Waals surface area (Å²) < 4.78 is 7.40. The summed E-state index contributed by atoms with van der Waals surface area (Å²) in [5.74, 6) is 0.894. The van der Waals surface area contributed by atoms with E-state index >= 15 is 0 Å². The third kappa shape index (κ3) is 3.17. The Kier molecular flexibility index (Phi) is 4.74. The van der Waals surface area contributed by atoms with E-state index in [0.717, 1.165) is 23.6 Å².